The molecule has 6 rings (SSSR count). The maximum absolute atomic E-state index is 12.7. The third kappa shape index (κ3) is 4.40. The minimum absolute atomic E-state index is 0.0527. The molecule has 1 aliphatic heterocycles. The van der Waals surface area contributed by atoms with Gasteiger partial charge in [0.1, 0.15) is 12.1 Å². The van der Waals surface area contributed by atoms with Crippen molar-refractivity contribution in [2.45, 2.75) is 44.6 Å². The van der Waals surface area contributed by atoms with Crippen LogP contribution in [0, 0.1) is 11.8 Å². The highest BCUT2D eigenvalue weighted by molar-refractivity contribution is 5.95. The Kier molecular flexibility index (Phi) is 5.82. The standard InChI is InChI=1S/C30H26N4O2/c1-2-4-29(35)34-14-3-5-27(34)26-16-23(15-24-18-31-19-33-30(24)26)21-8-10-25(11-9-21)36-28-17-22(12-13-32-28)20-6-7-20/h8-13,15-20,27H,3,5-7,14H2,1H3. The zero-order valence-electron chi connectivity index (χ0n) is 20.1. The summed E-state index contributed by atoms with van der Waals surface area (Å²) >= 11 is 0. The zero-order valence-corrected chi connectivity index (χ0v) is 20.1. The van der Waals surface area contributed by atoms with E-state index in [2.05, 4.69) is 57.1 Å². The van der Waals surface area contributed by atoms with Crippen molar-refractivity contribution in [2.75, 3.05) is 6.54 Å². The molecule has 2 aromatic heterocycles. The number of nitrogens with zero attached hydrogens (tertiary/aromatic N) is 4. The van der Waals surface area contributed by atoms with E-state index in [9.17, 15) is 4.79 Å². The second-order valence-electron chi connectivity index (χ2n) is 9.39. The van der Waals surface area contributed by atoms with Gasteiger partial charge in [-0.2, -0.15) is 0 Å². The molecule has 1 atom stereocenters. The Morgan fingerprint density at radius 1 is 1.03 bits per heavy atom. The number of amides is 1. The molecule has 0 spiro atoms. The topological polar surface area (TPSA) is 68.2 Å². The molecule has 2 aliphatic rings. The highest BCUT2D eigenvalue weighted by atomic mass is 16.5. The van der Waals surface area contributed by atoms with Crippen LogP contribution in [-0.2, 0) is 4.79 Å². The normalized spacial score (nSPS) is 17.0. The molecule has 6 heteroatoms. The van der Waals surface area contributed by atoms with Crippen molar-refractivity contribution in [3.8, 4) is 34.6 Å². The molecule has 1 unspecified atom stereocenters. The first-order chi connectivity index (χ1) is 17.7. The van der Waals surface area contributed by atoms with Crippen LogP contribution in [0.4, 0.5) is 0 Å². The summed E-state index contributed by atoms with van der Waals surface area (Å²) in [4.78, 5) is 27.7. The number of carbonyl (C=O) groups excluding carboxylic acids is 1. The summed E-state index contributed by atoms with van der Waals surface area (Å²) in [5.41, 5.74) is 5.32. The molecule has 1 saturated heterocycles. The molecule has 1 amide bonds. The van der Waals surface area contributed by atoms with Gasteiger partial charge in [-0.3, -0.25) is 4.79 Å². The van der Waals surface area contributed by atoms with Gasteiger partial charge < -0.3 is 9.64 Å². The molecule has 4 aromatic rings. The number of pyridine rings is 1. The third-order valence-corrected chi connectivity index (χ3v) is 6.96. The van der Waals surface area contributed by atoms with Crippen LogP contribution in [0.25, 0.3) is 22.0 Å². The fourth-order valence-electron chi connectivity index (χ4n) is 5.05. The van der Waals surface area contributed by atoms with E-state index in [0.29, 0.717) is 18.3 Å². The van der Waals surface area contributed by atoms with E-state index in [-0.39, 0.29) is 11.9 Å². The Morgan fingerprint density at radius 2 is 1.89 bits per heavy atom. The van der Waals surface area contributed by atoms with Crippen LogP contribution in [0.1, 0.15) is 55.7 Å². The highest BCUT2D eigenvalue weighted by Gasteiger charge is 2.31. The summed E-state index contributed by atoms with van der Waals surface area (Å²) in [6, 6.07) is 16.3. The van der Waals surface area contributed by atoms with Crippen molar-refractivity contribution < 1.29 is 9.53 Å². The fourth-order valence-corrected chi connectivity index (χ4v) is 5.05. The molecule has 0 radical (unpaired) electrons. The van der Waals surface area contributed by atoms with Gasteiger partial charge in [-0.1, -0.05) is 18.1 Å². The lowest BCUT2D eigenvalue weighted by Crippen LogP contribution is -2.29. The summed E-state index contributed by atoms with van der Waals surface area (Å²) in [5.74, 6) is 7.34. The van der Waals surface area contributed by atoms with E-state index < -0.39 is 0 Å². The number of benzene rings is 2. The lowest BCUT2D eigenvalue weighted by atomic mass is 9.95. The molecule has 1 saturated carbocycles. The molecule has 178 valence electrons. The first-order valence-corrected chi connectivity index (χ1v) is 12.4. The van der Waals surface area contributed by atoms with Crippen LogP contribution in [0.2, 0.25) is 0 Å². The van der Waals surface area contributed by atoms with Crippen molar-refractivity contribution in [1.82, 2.24) is 19.9 Å². The smallest absolute Gasteiger partial charge is 0.298 e. The van der Waals surface area contributed by atoms with Gasteiger partial charge in [0.15, 0.2) is 0 Å². The van der Waals surface area contributed by atoms with E-state index in [1.165, 1.54) is 18.4 Å². The van der Waals surface area contributed by atoms with Crippen LogP contribution in [0.5, 0.6) is 11.6 Å². The van der Waals surface area contributed by atoms with Gasteiger partial charge in [-0.05, 0) is 91.5 Å². The minimum atomic E-state index is -0.131. The van der Waals surface area contributed by atoms with Crippen molar-refractivity contribution >= 4 is 16.8 Å². The van der Waals surface area contributed by atoms with Crippen LogP contribution in [-0.4, -0.2) is 32.3 Å². The summed E-state index contributed by atoms with van der Waals surface area (Å²) in [6.07, 6.45) is 9.54. The number of hydrogen-bond donors (Lipinski definition) is 0. The average molecular weight is 475 g/mol. The van der Waals surface area contributed by atoms with Gasteiger partial charge in [0, 0.05) is 36.0 Å². The van der Waals surface area contributed by atoms with Crippen molar-refractivity contribution in [3.05, 3.63) is 78.4 Å². The largest absolute Gasteiger partial charge is 0.439 e. The van der Waals surface area contributed by atoms with E-state index in [4.69, 9.17) is 4.74 Å². The molecule has 0 N–H and O–H groups in total. The molecule has 2 aromatic carbocycles. The number of fused-ring (bicyclic) bond motifs is 1. The Balaban J connectivity index is 1.32. The Bertz CT molecular complexity index is 1500. The monoisotopic (exact) mass is 474 g/mol. The lowest BCUT2D eigenvalue weighted by molar-refractivity contribution is -0.125. The van der Waals surface area contributed by atoms with Gasteiger partial charge in [0.2, 0.25) is 5.88 Å². The lowest BCUT2D eigenvalue weighted by Gasteiger charge is -2.24. The molecule has 3 heterocycles. The third-order valence-electron chi connectivity index (χ3n) is 6.96. The summed E-state index contributed by atoms with van der Waals surface area (Å²) in [6.45, 7) is 2.40. The predicted octanol–water partition coefficient (Wildman–Crippen LogP) is 6.05. The van der Waals surface area contributed by atoms with Gasteiger partial charge in [-0.25, -0.2) is 15.0 Å². The van der Waals surface area contributed by atoms with Crippen molar-refractivity contribution in [1.29, 1.82) is 0 Å². The number of rotatable bonds is 5. The summed E-state index contributed by atoms with van der Waals surface area (Å²) in [7, 11) is 0. The Morgan fingerprint density at radius 3 is 2.69 bits per heavy atom. The van der Waals surface area contributed by atoms with E-state index in [1.807, 2.05) is 35.5 Å². The summed E-state index contributed by atoms with van der Waals surface area (Å²) < 4.78 is 6.04. The van der Waals surface area contributed by atoms with Crippen molar-refractivity contribution in [3.63, 3.8) is 0 Å². The second kappa shape index (κ2) is 9.43. The molecule has 6 nitrogen and oxygen atoms in total. The first kappa shape index (κ1) is 22.2. The quantitative estimate of drug-likeness (QED) is 0.330. The highest BCUT2D eigenvalue weighted by Crippen LogP contribution is 2.41. The van der Waals surface area contributed by atoms with Gasteiger partial charge in [-0.15, -0.1) is 0 Å². The molecule has 0 bridgehead atoms. The Hall–Kier alpha value is -4.24. The predicted molar refractivity (Wildman–Crippen MR) is 138 cm³/mol. The van der Waals surface area contributed by atoms with Gasteiger partial charge in [0.05, 0.1) is 11.6 Å². The van der Waals surface area contributed by atoms with Gasteiger partial charge >= 0.3 is 0 Å². The van der Waals surface area contributed by atoms with Crippen LogP contribution < -0.4 is 4.74 Å². The SMILES string of the molecule is CC#CC(=O)N1CCCC1c1cc(-c2ccc(Oc3cc(C4CC4)ccn3)cc2)cc2cncnc12. The van der Waals surface area contributed by atoms with E-state index in [1.54, 1.807) is 13.3 Å². The summed E-state index contributed by atoms with van der Waals surface area (Å²) in [5, 5.41) is 0.951. The van der Waals surface area contributed by atoms with Gasteiger partial charge in [0.25, 0.3) is 5.91 Å². The molecule has 36 heavy (non-hydrogen) atoms. The number of ether oxygens (including phenoxy) is 1. The molecular formula is C30H26N4O2. The Labute approximate surface area is 210 Å². The number of aromatic nitrogens is 3. The number of hydrogen-bond acceptors (Lipinski definition) is 5. The maximum atomic E-state index is 12.7. The molecular weight excluding hydrogens is 448 g/mol. The first-order valence-electron chi connectivity index (χ1n) is 12.4. The fraction of sp³-hybridized carbons (Fsp3) is 0.267. The number of likely N-dealkylation sites (tertiary alicyclic amines) is 1. The minimum Gasteiger partial charge on any atom is -0.439 e. The van der Waals surface area contributed by atoms with Crippen LogP contribution in [0.3, 0.4) is 0 Å². The van der Waals surface area contributed by atoms with E-state index >= 15 is 0 Å². The molecule has 1 aliphatic carbocycles. The zero-order chi connectivity index (χ0) is 24.5. The maximum Gasteiger partial charge on any atom is 0.298 e. The average Bonchev–Trinajstić information content (AvgIpc) is 3.65. The van der Waals surface area contributed by atoms with Crippen LogP contribution in [0.15, 0.2) is 67.3 Å². The second-order valence-corrected chi connectivity index (χ2v) is 9.39. The van der Waals surface area contributed by atoms with E-state index in [0.717, 1.165) is 46.2 Å². The van der Waals surface area contributed by atoms with Crippen LogP contribution >= 0.6 is 0 Å². The number of carbonyl (C=O) groups is 1. The van der Waals surface area contributed by atoms with Crippen molar-refractivity contribution in [2.24, 2.45) is 0 Å². The molecule has 2 fully saturated rings.